The molecule has 2 aliphatic heterocycles. The molecule has 6 atom stereocenters. The number of hydrogen-bond donors (Lipinski definition) is 0. The lowest BCUT2D eigenvalue weighted by atomic mass is 9.65. The first-order valence-corrected chi connectivity index (χ1v) is 40.0. The maximum absolute atomic E-state index is 15.6. The minimum Gasteiger partial charge on any atom is -0.496 e. The zero-order chi connectivity index (χ0) is 81.1. The van der Waals surface area contributed by atoms with E-state index >= 15 is 9.59 Å². The Morgan fingerprint density at radius 2 is 0.336 bits per heavy atom. The summed E-state index contributed by atoms with van der Waals surface area (Å²) in [4.78, 5) is 31.2. The van der Waals surface area contributed by atoms with Gasteiger partial charge in [0.05, 0.1) is 42.7 Å². The molecule has 2 heterocycles. The average Bonchev–Trinajstić information content (AvgIpc) is 0.757. The lowest BCUT2D eigenvalue weighted by molar-refractivity contribution is -0.136. The number of ether oxygens (including phenoxy) is 8. The third kappa shape index (κ3) is 16.4. The average molecular weight is 1490 g/mol. The van der Waals surface area contributed by atoms with Gasteiger partial charge in [-0.1, -0.05) is 312 Å². The normalized spacial score (nSPS) is 20.1. The molecule has 110 heavy (non-hydrogen) atoms. The first-order valence-electron chi connectivity index (χ1n) is 40.0. The van der Waals surface area contributed by atoms with Crippen LogP contribution in [0.1, 0.15) is 328 Å². The molecule has 2 aliphatic rings. The monoisotopic (exact) mass is 1490 g/mol. The maximum Gasteiger partial charge on any atom is 0.311 e. The van der Waals surface area contributed by atoms with Gasteiger partial charge in [-0.15, -0.1) is 0 Å². The third-order valence-corrected chi connectivity index (χ3v) is 23.2. The SMILES string of the molecule is COc1c2cccc1C(C(C)(C)C)c1cccc(c1OC)C(C(C)(C)C)c1cccc3c1OC(=O)CCCCC(=O)Oc1c(cccc1C(C(C)(C)C)c1cccc(c1OC)C(C(C)(C)C)c1cccc(c1OC)C3C(C)(C)C)C(C(C)(C)C)c1cccc(c1OC)C(C(C)(C)C)c1cccc(c1OC)C2C(C)(C)C. The number of rotatable bonds is 6. The van der Waals surface area contributed by atoms with Gasteiger partial charge in [-0.3, -0.25) is 9.59 Å². The van der Waals surface area contributed by atoms with Gasteiger partial charge in [0.25, 0.3) is 0 Å². The molecular weight excluding hydrogens is 1360 g/mol. The Labute approximate surface area is 661 Å². The van der Waals surface area contributed by atoms with E-state index in [1.54, 1.807) is 28.4 Å². The number of esters is 2. The van der Waals surface area contributed by atoms with Crippen molar-refractivity contribution in [2.45, 2.75) is 239 Å². The molecule has 0 N–H and O–H groups in total. The van der Waals surface area contributed by atoms with Gasteiger partial charge in [-0.25, -0.2) is 0 Å². The van der Waals surface area contributed by atoms with E-state index in [0.717, 1.165) is 124 Å². The molecular formula is C100H130O10. The summed E-state index contributed by atoms with van der Waals surface area (Å²) in [7, 11) is 10.8. The first-order chi connectivity index (χ1) is 51.3. The molecule has 6 unspecified atom stereocenters. The summed E-state index contributed by atoms with van der Waals surface area (Å²) in [6.07, 6.45) is 0.778. The van der Waals surface area contributed by atoms with Crippen molar-refractivity contribution in [3.8, 4) is 46.0 Å². The molecule has 0 spiro atoms. The summed E-state index contributed by atoms with van der Waals surface area (Å²) in [5, 5.41) is 0. The van der Waals surface area contributed by atoms with Gasteiger partial charge >= 0.3 is 11.9 Å². The fraction of sp³-hybridized carbons (Fsp3) is 0.500. The van der Waals surface area contributed by atoms with E-state index in [9.17, 15) is 0 Å². The summed E-state index contributed by atoms with van der Waals surface area (Å²) in [5.74, 6) is 1.85. The van der Waals surface area contributed by atoms with Crippen LogP contribution in [0.2, 0.25) is 0 Å². The molecule has 10 nitrogen and oxygen atoms in total. The second kappa shape index (κ2) is 31.6. The van der Waals surface area contributed by atoms with Crippen LogP contribution in [0, 0.1) is 43.3 Å². The molecule has 0 aliphatic carbocycles. The van der Waals surface area contributed by atoms with Gasteiger partial charge in [-0.05, 0) is 56.2 Å². The summed E-state index contributed by atoms with van der Waals surface area (Å²) >= 11 is 0. The van der Waals surface area contributed by atoms with Crippen LogP contribution in [0.15, 0.2) is 146 Å². The summed E-state index contributed by atoms with van der Waals surface area (Å²) in [6, 6.07) is 52.6. The molecule has 0 radical (unpaired) electrons. The zero-order valence-electron chi connectivity index (χ0n) is 72.4. The van der Waals surface area contributed by atoms with Gasteiger partial charge in [0, 0.05) is 149 Å². The molecule has 8 aromatic rings. The zero-order valence-corrected chi connectivity index (χ0v) is 72.4. The second-order valence-corrected chi connectivity index (χ2v) is 39.9. The molecule has 10 heteroatoms. The predicted molar refractivity (Wildman–Crippen MR) is 451 cm³/mol. The van der Waals surface area contributed by atoms with Crippen LogP contribution in [0.4, 0.5) is 0 Å². The van der Waals surface area contributed by atoms with E-state index < -0.39 is 78.9 Å². The molecule has 10 rings (SSSR count). The highest BCUT2D eigenvalue weighted by molar-refractivity contribution is 5.77. The number of methoxy groups -OCH3 is 6. The Balaban J connectivity index is 1.44. The van der Waals surface area contributed by atoms with E-state index in [-0.39, 0.29) is 36.5 Å². The van der Waals surface area contributed by atoms with E-state index in [4.69, 9.17) is 37.9 Å². The van der Waals surface area contributed by atoms with Crippen molar-refractivity contribution < 1.29 is 47.5 Å². The Kier molecular flexibility index (Phi) is 24.1. The van der Waals surface area contributed by atoms with Crippen LogP contribution in [0.5, 0.6) is 46.0 Å². The number of fused-ring (bicyclic) bond motifs is 19. The van der Waals surface area contributed by atoms with Crippen molar-refractivity contribution in [2.75, 3.05) is 42.7 Å². The minimum absolute atomic E-state index is 0.0352. The van der Waals surface area contributed by atoms with Gasteiger partial charge in [0.15, 0.2) is 0 Å². The molecule has 0 aromatic heterocycles. The smallest absolute Gasteiger partial charge is 0.311 e. The van der Waals surface area contributed by atoms with E-state index in [1.165, 1.54) is 0 Å². The molecule has 590 valence electrons. The summed E-state index contributed by atoms with van der Waals surface area (Å²) < 4.78 is 56.5. The van der Waals surface area contributed by atoms with Gasteiger partial charge < -0.3 is 37.9 Å². The molecule has 0 saturated carbocycles. The van der Waals surface area contributed by atoms with Crippen molar-refractivity contribution in [2.24, 2.45) is 43.3 Å². The van der Waals surface area contributed by atoms with Gasteiger partial charge in [0.1, 0.15) is 46.0 Å². The Morgan fingerprint density at radius 1 is 0.218 bits per heavy atom. The number of benzene rings is 8. The van der Waals surface area contributed by atoms with E-state index in [1.807, 2.05) is 14.2 Å². The van der Waals surface area contributed by atoms with Crippen LogP contribution >= 0.6 is 0 Å². The lowest BCUT2D eigenvalue weighted by Gasteiger charge is -2.40. The lowest BCUT2D eigenvalue weighted by Crippen LogP contribution is -2.27. The molecule has 0 amide bonds. The molecule has 0 fully saturated rings. The summed E-state index contributed by atoms with van der Waals surface area (Å²) in [6.45, 7) is 54.8. The van der Waals surface area contributed by atoms with Crippen LogP contribution < -0.4 is 37.9 Å². The van der Waals surface area contributed by atoms with Crippen molar-refractivity contribution in [1.82, 2.24) is 0 Å². The maximum atomic E-state index is 15.6. The van der Waals surface area contributed by atoms with E-state index in [0.29, 0.717) is 24.3 Å². The number of carbonyl (C=O) groups excluding carboxylic acids is 2. The number of hydrogen-bond acceptors (Lipinski definition) is 10. The largest absolute Gasteiger partial charge is 0.496 e. The third-order valence-electron chi connectivity index (χ3n) is 23.2. The highest BCUT2D eigenvalue weighted by atomic mass is 16.5. The highest BCUT2D eigenvalue weighted by Crippen LogP contribution is 2.62. The first kappa shape index (κ1) is 84.0. The Morgan fingerprint density at radius 3 is 0.455 bits per heavy atom. The molecule has 0 saturated heterocycles. The molecule has 8 aromatic carbocycles. The van der Waals surface area contributed by atoms with Crippen molar-refractivity contribution in [3.05, 3.63) is 235 Å². The Hall–Kier alpha value is -8.50. The van der Waals surface area contributed by atoms with Crippen LogP contribution in [0.25, 0.3) is 0 Å². The van der Waals surface area contributed by atoms with Crippen LogP contribution in [0.3, 0.4) is 0 Å². The molecule has 14 bridgehead atoms. The highest BCUT2D eigenvalue weighted by Gasteiger charge is 2.47. The minimum atomic E-state index is -0.531. The fourth-order valence-corrected chi connectivity index (χ4v) is 19.5. The topological polar surface area (TPSA) is 108 Å². The van der Waals surface area contributed by atoms with Crippen molar-refractivity contribution in [1.29, 1.82) is 0 Å². The Bertz CT molecular complexity index is 4360. The van der Waals surface area contributed by atoms with Crippen LogP contribution in [-0.4, -0.2) is 54.6 Å². The van der Waals surface area contributed by atoms with E-state index in [2.05, 4.69) is 312 Å². The van der Waals surface area contributed by atoms with Gasteiger partial charge in [0.2, 0.25) is 0 Å². The van der Waals surface area contributed by atoms with Gasteiger partial charge in [-0.2, -0.15) is 0 Å². The van der Waals surface area contributed by atoms with Crippen LogP contribution in [-0.2, 0) is 9.59 Å². The fourth-order valence-electron chi connectivity index (χ4n) is 19.5. The standard InChI is InChI=1S/C100H130O10/c1-93(2,3)77-59-41-33-43-61(85(59)103-25)78(94(4,5)6)63-45-35-49-67(87(63)105-27)81(97(13,14)15)71-53-39-55-73-83(99(19,20)21)69-51-37-47-65(89(69)107-29)80(96(10,11)12)66-48-38-52-70(90(66)108-30)84(100(22,23)24)74-56-40-54-72(92(74)110-76(102)58-32-31-57-75(101)109-91(71)73)82(98(16,17)18)68-50-36-46-64(88(68)106-28)79(95(7,8)9)62-44-34-42-60(77)86(62)104-26/h33-56,77-84H,31-32,57-58H2,1-30H3. The quantitative estimate of drug-likeness (QED) is 0.118. The van der Waals surface area contributed by atoms with Crippen molar-refractivity contribution >= 4 is 11.9 Å². The number of carbonyl (C=O) groups is 2. The summed E-state index contributed by atoms with van der Waals surface area (Å²) in [5.41, 5.74) is 11.5. The van der Waals surface area contributed by atoms with Crippen molar-refractivity contribution in [3.63, 3.8) is 0 Å². The second-order valence-electron chi connectivity index (χ2n) is 39.9. The predicted octanol–water partition coefficient (Wildman–Crippen LogP) is 25.9. The number of para-hydroxylation sites is 8.